The Bertz CT molecular complexity index is 645. The van der Waals surface area contributed by atoms with Crippen LogP contribution in [0.4, 0.5) is 10.5 Å². The molecule has 0 bridgehead atoms. The number of likely N-dealkylation sites (tertiary alicyclic amines) is 1. The average molecular weight is 330 g/mol. The van der Waals surface area contributed by atoms with E-state index in [1.54, 1.807) is 24.5 Å². The Morgan fingerprint density at radius 2 is 1.83 bits per heavy atom. The predicted octanol–water partition coefficient (Wildman–Crippen LogP) is 4.88. The first-order valence-electron chi connectivity index (χ1n) is 7.97. The number of carbonyl (C=O) groups excluding carboxylic acids is 1. The van der Waals surface area contributed by atoms with E-state index in [0.29, 0.717) is 0 Å². The molecule has 2 amide bonds. The van der Waals surface area contributed by atoms with Crippen LogP contribution in [0.2, 0.25) is 5.02 Å². The summed E-state index contributed by atoms with van der Waals surface area (Å²) in [6.07, 6.45) is 7.65. The summed E-state index contributed by atoms with van der Waals surface area (Å²) in [5.74, 6) is 0. The zero-order valence-electron chi connectivity index (χ0n) is 12.9. The minimum Gasteiger partial charge on any atom is -0.317 e. The van der Waals surface area contributed by atoms with Crippen molar-refractivity contribution < 1.29 is 4.79 Å². The molecule has 0 saturated carbocycles. The first kappa shape index (κ1) is 15.8. The van der Waals surface area contributed by atoms with Gasteiger partial charge in [0.2, 0.25) is 0 Å². The van der Waals surface area contributed by atoms with E-state index in [1.165, 1.54) is 0 Å². The van der Waals surface area contributed by atoms with Crippen molar-refractivity contribution in [3.8, 4) is 0 Å². The number of carbonyl (C=O) groups is 1. The molecular weight excluding hydrogens is 310 g/mol. The number of halogens is 1. The number of aromatic nitrogens is 1. The number of benzene rings is 1. The van der Waals surface area contributed by atoms with Crippen LogP contribution in [0.5, 0.6) is 0 Å². The van der Waals surface area contributed by atoms with Gasteiger partial charge in [0.05, 0.1) is 6.04 Å². The molecule has 0 radical (unpaired) electrons. The molecule has 1 aromatic heterocycles. The Hall–Kier alpha value is -2.07. The van der Waals surface area contributed by atoms with Gasteiger partial charge in [-0.25, -0.2) is 4.79 Å². The lowest BCUT2D eigenvalue weighted by Gasteiger charge is -2.30. The highest BCUT2D eigenvalue weighted by atomic mass is 35.5. The van der Waals surface area contributed by atoms with Gasteiger partial charge < -0.3 is 10.2 Å². The number of rotatable bonds is 2. The van der Waals surface area contributed by atoms with Gasteiger partial charge in [-0.15, -0.1) is 0 Å². The van der Waals surface area contributed by atoms with Crippen molar-refractivity contribution in [3.63, 3.8) is 0 Å². The highest BCUT2D eigenvalue weighted by Gasteiger charge is 2.26. The van der Waals surface area contributed by atoms with Gasteiger partial charge in [0.1, 0.15) is 0 Å². The van der Waals surface area contributed by atoms with Crippen LogP contribution in [-0.2, 0) is 0 Å². The molecule has 0 aliphatic carbocycles. The van der Waals surface area contributed by atoms with E-state index in [1.807, 2.05) is 29.2 Å². The molecule has 1 saturated heterocycles. The minimum atomic E-state index is -0.0574. The fourth-order valence-electron chi connectivity index (χ4n) is 3.01. The molecule has 1 unspecified atom stereocenters. The predicted molar refractivity (Wildman–Crippen MR) is 92.6 cm³/mol. The molecule has 120 valence electrons. The number of anilines is 1. The number of urea groups is 1. The highest BCUT2D eigenvalue weighted by Crippen LogP contribution is 2.31. The molecule has 2 aromatic rings. The van der Waals surface area contributed by atoms with E-state index in [-0.39, 0.29) is 12.1 Å². The van der Waals surface area contributed by atoms with Crippen molar-refractivity contribution in [2.45, 2.75) is 31.7 Å². The van der Waals surface area contributed by atoms with Gasteiger partial charge >= 0.3 is 6.03 Å². The molecule has 3 rings (SSSR count). The van der Waals surface area contributed by atoms with Crippen molar-refractivity contribution in [3.05, 3.63) is 59.4 Å². The zero-order chi connectivity index (χ0) is 16.1. The van der Waals surface area contributed by atoms with Gasteiger partial charge in [-0.3, -0.25) is 4.98 Å². The molecule has 1 aromatic carbocycles. The summed E-state index contributed by atoms with van der Waals surface area (Å²) in [6, 6.07) is 11.5. The first-order valence-corrected chi connectivity index (χ1v) is 8.35. The summed E-state index contributed by atoms with van der Waals surface area (Å²) in [5, 5.41) is 3.69. The number of nitrogens with one attached hydrogen (secondary N) is 1. The van der Waals surface area contributed by atoms with Crippen LogP contribution >= 0.6 is 11.6 Å². The fourth-order valence-corrected chi connectivity index (χ4v) is 3.14. The summed E-state index contributed by atoms with van der Waals surface area (Å²) in [6.45, 7) is 0.768. The molecule has 1 aliphatic rings. The zero-order valence-corrected chi connectivity index (χ0v) is 13.7. The van der Waals surface area contributed by atoms with Gasteiger partial charge in [-0.2, -0.15) is 0 Å². The highest BCUT2D eigenvalue weighted by molar-refractivity contribution is 6.30. The molecule has 23 heavy (non-hydrogen) atoms. The van der Waals surface area contributed by atoms with Crippen LogP contribution in [0, 0.1) is 0 Å². The second kappa shape index (κ2) is 7.47. The summed E-state index contributed by atoms with van der Waals surface area (Å²) < 4.78 is 0. The van der Waals surface area contributed by atoms with Gasteiger partial charge in [0, 0.05) is 29.6 Å². The summed E-state index contributed by atoms with van der Waals surface area (Å²) >= 11 is 5.99. The van der Waals surface area contributed by atoms with Gasteiger partial charge in [-0.05, 0) is 42.7 Å². The van der Waals surface area contributed by atoms with Crippen LogP contribution < -0.4 is 5.32 Å². The van der Waals surface area contributed by atoms with Gasteiger partial charge in [0.25, 0.3) is 0 Å². The Morgan fingerprint density at radius 1 is 1.09 bits per heavy atom. The maximum atomic E-state index is 12.7. The number of nitrogens with zero attached hydrogens (tertiary/aromatic N) is 2. The SMILES string of the molecule is O=C(Nc1ccncc1)N1CCCCCC1c1ccc(Cl)cc1. The Kier molecular flexibility index (Phi) is 5.13. The molecule has 1 atom stereocenters. The Labute approximate surface area is 141 Å². The maximum Gasteiger partial charge on any atom is 0.322 e. The third kappa shape index (κ3) is 4.02. The van der Waals surface area contributed by atoms with E-state index >= 15 is 0 Å². The van der Waals surface area contributed by atoms with Crippen LogP contribution in [0.15, 0.2) is 48.8 Å². The Morgan fingerprint density at radius 3 is 2.57 bits per heavy atom. The van der Waals surface area contributed by atoms with Crippen molar-refractivity contribution in [1.82, 2.24) is 9.88 Å². The van der Waals surface area contributed by atoms with Crippen LogP contribution in [0.25, 0.3) is 0 Å². The Balaban J connectivity index is 1.80. The minimum absolute atomic E-state index is 0.0574. The molecule has 0 spiro atoms. The summed E-state index contributed by atoms with van der Waals surface area (Å²) in [7, 11) is 0. The van der Waals surface area contributed by atoms with E-state index < -0.39 is 0 Å². The van der Waals surface area contributed by atoms with E-state index in [0.717, 1.165) is 48.5 Å². The smallest absolute Gasteiger partial charge is 0.317 e. The van der Waals surface area contributed by atoms with E-state index in [2.05, 4.69) is 10.3 Å². The van der Waals surface area contributed by atoms with E-state index in [4.69, 9.17) is 11.6 Å². The normalized spacial score (nSPS) is 18.3. The molecule has 1 N–H and O–H groups in total. The first-order chi connectivity index (χ1) is 11.2. The molecular formula is C18H20ClN3O. The molecule has 4 nitrogen and oxygen atoms in total. The maximum absolute atomic E-state index is 12.7. The average Bonchev–Trinajstić information content (AvgIpc) is 2.82. The molecule has 2 heterocycles. The largest absolute Gasteiger partial charge is 0.322 e. The van der Waals surface area contributed by atoms with Crippen LogP contribution in [0.3, 0.4) is 0 Å². The number of pyridine rings is 1. The van der Waals surface area contributed by atoms with Crippen LogP contribution in [0.1, 0.15) is 37.3 Å². The lowest BCUT2D eigenvalue weighted by atomic mass is 10.0. The third-order valence-corrected chi connectivity index (χ3v) is 4.45. The van der Waals surface area contributed by atoms with Crippen molar-refractivity contribution in [2.75, 3.05) is 11.9 Å². The standard InChI is InChI=1S/C18H20ClN3O/c19-15-7-5-14(6-8-15)17-4-2-1-3-13-22(17)18(23)21-16-9-11-20-12-10-16/h5-12,17H,1-4,13H2,(H,20,21,23). The van der Waals surface area contributed by atoms with E-state index in [9.17, 15) is 4.79 Å². The molecule has 1 fully saturated rings. The lowest BCUT2D eigenvalue weighted by Crippen LogP contribution is -2.38. The molecule has 5 heteroatoms. The number of hydrogen-bond acceptors (Lipinski definition) is 2. The summed E-state index contributed by atoms with van der Waals surface area (Å²) in [5.41, 5.74) is 1.91. The third-order valence-electron chi connectivity index (χ3n) is 4.20. The second-order valence-electron chi connectivity index (χ2n) is 5.78. The fraction of sp³-hybridized carbons (Fsp3) is 0.333. The summed E-state index contributed by atoms with van der Waals surface area (Å²) in [4.78, 5) is 18.7. The van der Waals surface area contributed by atoms with Gasteiger partial charge in [-0.1, -0.05) is 36.6 Å². The number of hydrogen-bond donors (Lipinski definition) is 1. The second-order valence-corrected chi connectivity index (χ2v) is 6.21. The quantitative estimate of drug-likeness (QED) is 0.853. The van der Waals surface area contributed by atoms with Crippen LogP contribution in [-0.4, -0.2) is 22.5 Å². The lowest BCUT2D eigenvalue weighted by molar-refractivity contribution is 0.189. The van der Waals surface area contributed by atoms with Crippen molar-refractivity contribution in [2.24, 2.45) is 0 Å². The number of amides is 2. The molecule has 1 aliphatic heterocycles. The van der Waals surface area contributed by atoms with Crippen molar-refractivity contribution in [1.29, 1.82) is 0 Å². The van der Waals surface area contributed by atoms with Crippen molar-refractivity contribution >= 4 is 23.3 Å². The topological polar surface area (TPSA) is 45.2 Å². The monoisotopic (exact) mass is 329 g/mol. The van der Waals surface area contributed by atoms with Gasteiger partial charge in [0.15, 0.2) is 0 Å².